The summed E-state index contributed by atoms with van der Waals surface area (Å²) < 4.78 is 5.57. The van der Waals surface area contributed by atoms with Gasteiger partial charge in [0.15, 0.2) is 0 Å². The molecule has 0 N–H and O–H groups in total. The smallest absolute Gasteiger partial charge is 0.100 e. The summed E-state index contributed by atoms with van der Waals surface area (Å²) in [5, 5.41) is 0. The number of rotatable bonds is 7. The third kappa shape index (κ3) is 6.24. The Kier molecular flexibility index (Phi) is 7.90. The summed E-state index contributed by atoms with van der Waals surface area (Å²) in [6.45, 7) is 6.83. The van der Waals surface area contributed by atoms with Gasteiger partial charge in [0.1, 0.15) is 5.76 Å². The van der Waals surface area contributed by atoms with Gasteiger partial charge in [0, 0.05) is 5.57 Å². The van der Waals surface area contributed by atoms with Gasteiger partial charge in [-0.25, -0.2) is 0 Å². The predicted octanol–water partition coefficient (Wildman–Crippen LogP) is 5.53. The molecule has 1 nitrogen and oxygen atoms in total. The lowest BCUT2D eigenvalue weighted by Gasteiger charge is -2.05. The Labute approximate surface area is 123 Å². The molecule has 106 valence electrons. The largest absolute Gasteiger partial charge is 0.498 e. The number of hydrogen-bond donors (Lipinski definition) is 0. The van der Waals surface area contributed by atoms with Crippen molar-refractivity contribution in [1.82, 2.24) is 0 Å². The van der Waals surface area contributed by atoms with Crippen LogP contribution in [0.4, 0.5) is 0 Å². The molecular weight excluding hydrogens is 244 g/mol. The van der Waals surface area contributed by atoms with Crippen molar-refractivity contribution in [2.75, 3.05) is 6.61 Å². The first-order valence-electron chi connectivity index (χ1n) is 7.18. The van der Waals surface area contributed by atoms with E-state index in [0.717, 1.165) is 17.8 Å². The minimum absolute atomic E-state index is 0.697. The van der Waals surface area contributed by atoms with Gasteiger partial charge in [0.25, 0.3) is 0 Å². The minimum atomic E-state index is 0.697. The monoisotopic (exact) mass is 268 g/mol. The van der Waals surface area contributed by atoms with Crippen LogP contribution in [-0.4, -0.2) is 6.61 Å². The van der Waals surface area contributed by atoms with Gasteiger partial charge in [-0.3, -0.25) is 0 Å². The Balaban J connectivity index is 2.74. The van der Waals surface area contributed by atoms with Crippen molar-refractivity contribution >= 4 is 6.08 Å². The van der Waals surface area contributed by atoms with Gasteiger partial charge in [0.2, 0.25) is 0 Å². The molecule has 0 aliphatic heterocycles. The highest BCUT2D eigenvalue weighted by atomic mass is 16.5. The summed E-state index contributed by atoms with van der Waals surface area (Å²) >= 11 is 0. The van der Waals surface area contributed by atoms with Crippen molar-refractivity contribution in [3.05, 3.63) is 77.6 Å². The lowest BCUT2D eigenvalue weighted by molar-refractivity contribution is 0.229. The molecule has 1 aromatic carbocycles. The maximum absolute atomic E-state index is 5.57. The highest BCUT2D eigenvalue weighted by molar-refractivity contribution is 5.51. The summed E-state index contributed by atoms with van der Waals surface area (Å²) in [6.07, 6.45) is 13.5. The van der Waals surface area contributed by atoms with E-state index in [4.69, 9.17) is 4.74 Å². The summed E-state index contributed by atoms with van der Waals surface area (Å²) in [5.74, 6) is 0.960. The topological polar surface area (TPSA) is 9.23 Å². The van der Waals surface area contributed by atoms with Crippen molar-refractivity contribution < 1.29 is 4.74 Å². The molecule has 0 fully saturated rings. The molecule has 0 aromatic heterocycles. The third-order valence-corrected chi connectivity index (χ3v) is 2.78. The lowest BCUT2D eigenvalue weighted by atomic mass is 10.1. The molecule has 0 heterocycles. The van der Waals surface area contributed by atoms with Gasteiger partial charge in [-0.15, -0.1) is 0 Å². The Morgan fingerprint density at radius 2 is 1.80 bits per heavy atom. The zero-order valence-corrected chi connectivity index (χ0v) is 12.7. The lowest BCUT2D eigenvalue weighted by Crippen LogP contribution is -1.90. The van der Waals surface area contributed by atoms with Crippen LogP contribution in [0.25, 0.3) is 6.08 Å². The van der Waals surface area contributed by atoms with Crippen LogP contribution in [0.3, 0.4) is 0 Å². The van der Waals surface area contributed by atoms with E-state index in [2.05, 4.69) is 43.4 Å². The average Bonchev–Trinajstić information content (AvgIpc) is 2.47. The Bertz CT molecular complexity index is 490. The zero-order valence-electron chi connectivity index (χ0n) is 12.7. The van der Waals surface area contributed by atoms with Crippen molar-refractivity contribution in [3.63, 3.8) is 0 Å². The van der Waals surface area contributed by atoms with Gasteiger partial charge in [-0.1, -0.05) is 73.7 Å². The van der Waals surface area contributed by atoms with Gasteiger partial charge in [-0.05, 0) is 25.8 Å². The summed E-state index contributed by atoms with van der Waals surface area (Å²) in [7, 11) is 0. The number of benzene rings is 1. The fourth-order valence-corrected chi connectivity index (χ4v) is 1.72. The van der Waals surface area contributed by atoms with E-state index in [9.17, 15) is 0 Å². The molecule has 0 radical (unpaired) electrons. The van der Waals surface area contributed by atoms with E-state index in [0.29, 0.717) is 6.61 Å². The normalized spacial score (nSPS) is 13.3. The molecule has 0 amide bonds. The second kappa shape index (κ2) is 9.85. The summed E-state index contributed by atoms with van der Waals surface area (Å²) in [4.78, 5) is 0. The van der Waals surface area contributed by atoms with Crippen molar-refractivity contribution in [3.8, 4) is 0 Å². The number of allylic oxidation sites excluding steroid dienone is 7. The standard InChI is InChI=1S/C19H24O/c1-4-6-15-19(17(3)20-5-2)16-11-10-14-18-12-8-7-9-13-18/h6-16H,4-5H2,1-3H3/b14-10+,15-6-,16-11+,19-17-. The van der Waals surface area contributed by atoms with Gasteiger partial charge >= 0.3 is 0 Å². The van der Waals surface area contributed by atoms with Crippen LogP contribution in [0.1, 0.15) is 32.8 Å². The molecule has 0 saturated heterocycles. The van der Waals surface area contributed by atoms with Gasteiger partial charge in [0.05, 0.1) is 6.61 Å². The molecule has 0 aliphatic carbocycles. The molecule has 20 heavy (non-hydrogen) atoms. The van der Waals surface area contributed by atoms with E-state index in [-0.39, 0.29) is 0 Å². The maximum Gasteiger partial charge on any atom is 0.100 e. The average molecular weight is 268 g/mol. The van der Waals surface area contributed by atoms with Crippen LogP contribution in [0, 0.1) is 0 Å². The first kappa shape index (κ1) is 16.0. The third-order valence-electron chi connectivity index (χ3n) is 2.78. The predicted molar refractivity (Wildman–Crippen MR) is 88.4 cm³/mol. The number of hydrogen-bond acceptors (Lipinski definition) is 1. The van der Waals surface area contributed by atoms with E-state index >= 15 is 0 Å². The highest BCUT2D eigenvalue weighted by Crippen LogP contribution is 2.10. The molecule has 0 saturated carbocycles. The second-order valence-corrected chi connectivity index (χ2v) is 4.38. The second-order valence-electron chi connectivity index (χ2n) is 4.38. The fourth-order valence-electron chi connectivity index (χ4n) is 1.72. The molecule has 0 bridgehead atoms. The highest BCUT2D eigenvalue weighted by Gasteiger charge is 1.94. The van der Waals surface area contributed by atoms with Crippen LogP contribution in [0.2, 0.25) is 0 Å². The Hall–Kier alpha value is -2.02. The van der Waals surface area contributed by atoms with E-state index in [1.165, 1.54) is 5.56 Å². The van der Waals surface area contributed by atoms with Gasteiger partial charge < -0.3 is 4.74 Å². The molecule has 1 heteroatoms. The quantitative estimate of drug-likeness (QED) is 0.466. The molecule has 1 rings (SSSR count). The van der Waals surface area contributed by atoms with E-state index in [1.807, 2.05) is 44.2 Å². The molecule has 0 spiro atoms. The van der Waals surface area contributed by atoms with E-state index < -0.39 is 0 Å². The van der Waals surface area contributed by atoms with Crippen LogP contribution >= 0.6 is 0 Å². The summed E-state index contributed by atoms with van der Waals surface area (Å²) in [6, 6.07) is 10.3. The zero-order chi connectivity index (χ0) is 14.6. The van der Waals surface area contributed by atoms with Crippen molar-refractivity contribution in [2.45, 2.75) is 27.2 Å². The first-order chi connectivity index (χ1) is 9.77. The van der Waals surface area contributed by atoms with Crippen LogP contribution in [-0.2, 0) is 4.74 Å². The fraction of sp³-hybridized carbons (Fsp3) is 0.263. The molecule has 0 aliphatic rings. The van der Waals surface area contributed by atoms with Crippen LogP contribution in [0.15, 0.2) is 72.0 Å². The van der Waals surface area contributed by atoms with Crippen LogP contribution < -0.4 is 0 Å². The van der Waals surface area contributed by atoms with Crippen molar-refractivity contribution in [1.29, 1.82) is 0 Å². The maximum atomic E-state index is 5.57. The van der Waals surface area contributed by atoms with E-state index in [1.54, 1.807) is 0 Å². The Morgan fingerprint density at radius 3 is 2.45 bits per heavy atom. The van der Waals surface area contributed by atoms with Gasteiger partial charge in [-0.2, -0.15) is 0 Å². The molecule has 0 atom stereocenters. The minimum Gasteiger partial charge on any atom is -0.498 e. The Morgan fingerprint density at radius 1 is 1.05 bits per heavy atom. The molecular formula is C19H24O. The van der Waals surface area contributed by atoms with Crippen molar-refractivity contribution in [2.24, 2.45) is 0 Å². The first-order valence-corrected chi connectivity index (χ1v) is 7.18. The molecule has 0 unspecified atom stereocenters. The van der Waals surface area contributed by atoms with Crippen LogP contribution in [0.5, 0.6) is 0 Å². The SMILES string of the molecule is CC\C=C/C(/C=C/C=C/c1ccccc1)=C(\C)OCC. The number of ether oxygens (including phenoxy) is 1. The summed E-state index contributed by atoms with van der Waals surface area (Å²) in [5.41, 5.74) is 2.32. The molecule has 1 aromatic rings.